The van der Waals surface area contributed by atoms with E-state index in [4.69, 9.17) is 9.47 Å². The number of hydrogen-bond donors (Lipinski definition) is 0. The number of nitroso groups, excluding NO2 is 1. The molecule has 0 saturated heterocycles. The Morgan fingerprint density at radius 1 is 1.11 bits per heavy atom. The third-order valence-electron chi connectivity index (χ3n) is 3.03. The Morgan fingerprint density at radius 3 is 2.74 bits per heavy atom. The average Bonchev–Trinajstić information content (AvgIpc) is 2.89. The van der Waals surface area contributed by atoms with Crippen LogP contribution in [0.4, 0.5) is 0 Å². The van der Waals surface area contributed by atoms with Gasteiger partial charge in [-0.05, 0) is 23.3 Å². The van der Waals surface area contributed by atoms with Crippen molar-refractivity contribution < 1.29 is 9.47 Å². The molecule has 0 unspecified atom stereocenters. The third kappa shape index (κ3) is 2.10. The second kappa shape index (κ2) is 5.01. The maximum atomic E-state index is 10.7. The van der Waals surface area contributed by atoms with Crippen molar-refractivity contribution in [3.63, 3.8) is 0 Å². The van der Waals surface area contributed by atoms with Crippen LogP contribution in [0.5, 0.6) is 11.5 Å². The maximum absolute atomic E-state index is 10.7. The van der Waals surface area contributed by atoms with E-state index in [0.29, 0.717) is 11.5 Å². The highest BCUT2D eigenvalue weighted by Gasteiger charge is 2.22. The molecule has 0 aliphatic carbocycles. The van der Waals surface area contributed by atoms with Crippen molar-refractivity contribution in [2.75, 3.05) is 6.79 Å². The van der Waals surface area contributed by atoms with E-state index in [-0.39, 0.29) is 13.3 Å². The summed E-state index contributed by atoms with van der Waals surface area (Å²) < 4.78 is 11.7. The van der Waals surface area contributed by atoms with Crippen LogP contribution in [0.1, 0.15) is 5.56 Å². The number of nitrogens with zero attached hydrogens (tertiary/aromatic N) is 1. The van der Waals surface area contributed by atoms with E-state index in [1.807, 2.05) is 36.4 Å². The van der Waals surface area contributed by atoms with E-state index < -0.39 is 0 Å². The highest BCUT2D eigenvalue weighted by Crippen LogP contribution is 2.43. The van der Waals surface area contributed by atoms with Gasteiger partial charge in [-0.3, -0.25) is 0 Å². The fourth-order valence-electron chi connectivity index (χ4n) is 2.18. The summed E-state index contributed by atoms with van der Waals surface area (Å²) >= 11 is 3.52. The van der Waals surface area contributed by atoms with E-state index in [0.717, 1.165) is 21.2 Å². The molecule has 2 aromatic rings. The van der Waals surface area contributed by atoms with E-state index in [1.54, 1.807) is 0 Å². The molecule has 0 aromatic heterocycles. The summed E-state index contributed by atoms with van der Waals surface area (Å²) in [6.45, 7) is 0.240. The van der Waals surface area contributed by atoms with Crippen LogP contribution in [-0.4, -0.2) is 6.79 Å². The molecule has 0 radical (unpaired) electrons. The van der Waals surface area contributed by atoms with Crippen molar-refractivity contribution in [3.8, 4) is 22.6 Å². The van der Waals surface area contributed by atoms with Crippen LogP contribution >= 0.6 is 15.9 Å². The molecule has 0 fully saturated rings. The van der Waals surface area contributed by atoms with Gasteiger partial charge < -0.3 is 9.47 Å². The lowest BCUT2D eigenvalue weighted by molar-refractivity contribution is 0.173. The molecule has 1 aliphatic rings. The van der Waals surface area contributed by atoms with Gasteiger partial charge in [-0.25, -0.2) is 0 Å². The first-order valence-electron chi connectivity index (χ1n) is 5.76. The SMILES string of the molecule is O=NCc1c(-c2ccccc2Br)ccc2c1OCO2. The molecule has 0 atom stereocenters. The maximum Gasteiger partial charge on any atom is 0.231 e. The highest BCUT2D eigenvalue weighted by molar-refractivity contribution is 9.10. The molecule has 0 N–H and O–H groups in total. The molecule has 1 aliphatic heterocycles. The smallest absolute Gasteiger partial charge is 0.231 e. The lowest BCUT2D eigenvalue weighted by atomic mass is 9.98. The Hall–Kier alpha value is -1.88. The van der Waals surface area contributed by atoms with Crippen molar-refractivity contribution in [2.24, 2.45) is 5.18 Å². The van der Waals surface area contributed by atoms with Gasteiger partial charge in [0.1, 0.15) is 6.54 Å². The predicted octanol–water partition coefficient (Wildman–Crippen LogP) is 4.11. The quantitative estimate of drug-likeness (QED) is 0.800. The monoisotopic (exact) mass is 319 g/mol. The molecule has 96 valence electrons. The van der Waals surface area contributed by atoms with Crippen LogP contribution in [0.25, 0.3) is 11.1 Å². The van der Waals surface area contributed by atoms with Crippen molar-refractivity contribution in [1.82, 2.24) is 0 Å². The molecular formula is C14H10BrNO3. The van der Waals surface area contributed by atoms with E-state index in [1.165, 1.54) is 0 Å². The van der Waals surface area contributed by atoms with Gasteiger partial charge in [0.05, 0.1) is 0 Å². The van der Waals surface area contributed by atoms with Gasteiger partial charge in [-0.2, -0.15) is 4.91 Å². The molecule has 0 amide bonds. The first kappa shape index (κ1) is 12.2. The normalized spacial score (nSPS) is 12.5. The number of halogens is 1. The minimum absolute atomic E-state index is 0.0587. The van der Waals surface area contributed by atoms with Gasteiger partial charge in [0.2, 0.25) is 6.79 Å². The number of rotatable bonds is 3. The van der Waals surface area contributed by atoms with Gasteiger partial charge >= 0.3 is 0 Å². The molecule has 3 rings (SSSR count). The zero-order valence-electron chi connectivity index (χ0n) is 9.93. The van der Waals surface area contributed by atoms with Crippen molar-refractivity contribution in [3.05, 3.63) is 51.3 Å². The van der Waals surface area contributed by atoms with Crippen LogP contribution in [-0.2, 0) is 6.54 Å². The zero-order chi connectivity index (χ0) is 13.2. The zero-order valence-corrected chi connectivity index (χ0v) is 11.5. The number of fused-ring (bicyclic) bond motifs is 1. The van der Waals surface area contributed by atoms with E-state index in [9.17, 15) is 4.91 Å². The number of benzene rings is 2. The third-order valence-corrected chi connectivity index (χ3v) is 3.72. The summed E-state index contributed by atoms with van der Waals surface area (Å²) in [5, 5.41) is 3.00. The van der Waals surface area contributed by atoms with E-state index >= 15 is 0 Å². The average molecular weight is 320 g/mol. The van der Waals surface area contributed by atoms with Crippen LogP contribution in [0.15, 0.2) is 46.0 Å². The lowest BCUT2D eigenvalue weighted by Gasteiger charge is -2.11. The van der Waals surface area contributed by atoms with E-state index in [2.05, 4.69) is 21.1 Å². The topological polar surface area (TPSA) is 47.9 Å². The number of ether oxygens (including phenoxy) is 2. The Kier molecular flexibility index (Phi) is 3.21. The molecule has 19 heavy (non-hydrogen) atoms. The molecule has 0 bridgehead atoms. The minimum Gasteiger partial charge on any atom is -0.454 e. The summed E-state index contributed by atoms with van der Waals surface area (Å²) in [6, 6.07) is 11.6. The Bertz CT molecular complexity index is 643. The fraction of sp³-hybridized carbons (Fsp3) is 0.143. The van der Waals surface area contributed by atoms with Gasteiger partial charge in [-0.15, -0.1) is 0 Å². The summed E-state index contributed by atoms with van der Waals surface area (Å²) in [5.41, 5.74) is 2.69. The molecule has 1 heterocycles. The molecule has 2 aromatic carbocycles. The molecule has 0 saturated carbocycles. The largest absolute Gasteiger partial charge is 0.454 e. The van der Waals surface area contributed by atoms with Crippen molar-refractivity contribution in [1.29, 1.82) is 0 Å². The summed E-state index contributed by atoms with van der Waals surface area (Å²) in [5.74, 6) is 1.28. The van der Waals surface area contributed by atoms with Crippen LogP contribution in [0, 0.1) is 4.91 Å². The predicted molar refractivity (Wildman–Crippen MR) is 75.2 cm³/mol. The van der Waals surface area contributed by atoms with Crippen LogP contribution in [0.2, 0.25) is 0 Å². The lowest BCUT2D eigenvalue weighted by Crippen LogP contribution is -1.95. The minimum atomic E-state index is 0.0587. The standard InChI is InChI=1S/C14H10BrNO3/c15-12-4-2-1-3-10(12)9-5-6-13-14(19-8-18-13)11(9)7-16-17/h1-6H,7-8H2. The van der Waals surface area contributed by atoms with Crippen molar-refractivity contribution >= 4 is 15.9 Å². The second-order valence-corrected chi connectivity index (χ2v) is 4.95. The molecule has 4 nitrogen and oxygen atoms in total. The van der Waals surface area contributed by atoms with Gasteiger partial charge in [0.25, 0.3) is 0 Å². The fourth-order valence-corrected chi connectivity index (χ4v) is 2.68. The first-order chi connectivity index (χ1) is 9.31. The van der Waals surface area contributed by atoms with Crippen LogP contribution in [0.3, 0.4) is 0 Å². The number of hydrogen-bond acceptors (Lipinski definition) is 4. The Morgan fingerprint density at radius 2 is 1.95 bits per heavy atom. The van der Waals surface area contributed by atoms with Gasteiger partial charge in [0.15, 0.2) is 11.5 Å². The van der Waals surface area contributed by atoms with Crippen LogP contribution < -0.4 is 9.47 Å². The summed E-state index contributed by atoms with van der Waals surface area (Å²) in [4.78, 5) is 10.7. The molecular weight excluding hydrogens is 310 g/mol. The Labute approximate surface area is 118 Å². The highest BCUT2D eigenvalue weighted by atomic mass is 79.9. The molecule has 5 heteroatoms. The summed E-state index contributed by atoms with van der Waals surface area (Å²) in [6.07, 6.45) is 0. The molecule has 0 spiro atoms. The van der Waals surface area contributed by atoms with Crippen molar-refractivity contribution in [2.45, 2.75) is 6.54 Å². The Balaban J connectivity index is 2.21. The second-order valence-electron chi connectivity index (χ2n) is 4.09. The first-order valence-corrected chi connectivity index (χ1v) is 6.56. The summed E-state index contributed by atoms with van der Waals surface area (Å²) in [7, 11) is 0. The van der Waals surface area contributed by atoms with Gasteiger partial charge in [-0.1, -0.05) is 45.4 Å². The van der Waals surface area contributed by atoms with Gasteiger partial charge in [0, 0.05) is 10.0 Å².